The fourth-order valence-electron chi connectivity index (χ4n) is 2.79. The molecule has 1 saturated heterocycles. The molecule has 0 aromatic carbocycles. The second kappa shape index (κ2) is 2.77. The molecule has 0 radical (unpaired) electrons. The Hall–Kier alpha value is -0.230. The smallest absolute Gasteiger partial charge is 0.212 e. The van der Waals surface area contributed by atoms with E-state index in [1.807, 2.05) is 0 Å². The van der Waals surface area contributed by atoms with Gasteiger partial charge in [0.05, 0.1) is 5.25 Å². The van der Waals surface area contributed by atoms with Gasteiger partial charge in [-0.2, -0.15) is 0 Å². The molecule has 16 heavy (non-hydrogen) atoms. The van der Waals surface area contributed by atoms with Gasteiger partial charge in [-0.15, -0.1) is 0 Å². The minimum absolute atomic E-state index is 0.0162. The third-order valence-electron chi connectivity index (χ3n) is 4.46. The molecule has 1 aliphatic heterocycles. The molecule has 3 nitrogen and oxygen atoms in total. The fourth-order valence-corrected chi connectivity index (χ4v) is 4.65. The van der Waals surface area contributed by atoms with Crippen LogP contribution < -0.4 is 0 Å². The minimum atomic E-state index is -3.27. The lowest BCUT2D eigenvalue weighted by Gasteiger charge is -2.27. The molecule has 0 aromatic rings. The summed E-state index contributed by atoms with van der Waals surface area (Å²) in [5, 5.41) is -0.288. The van der Waals surface area contributed by atoms with Gasteiger partial charge >= 0.3 is 0 Å². The summed E-state index contributed by atoms with van der Waals surface area (Å²) in [6, 6.07) is 0. The van der Waals surface area contributed by atoms with E-state index in [-0.39, 0.29) is 24.8 Å². The van der Waals surface area contributed by atoms with Crippen LogP contribution in [-0.4, -0.2) is 37.0 Å². The van der Waals surface area contributed by atoms with Crippen molar-refractivity contribution in [1.29, 1.82) is 0 Å². The van der Waals surface area contributed by atoms with Gasteiger partial charge in [0.2, 0.25) is 10.0 Å². The van der Waals surface area contributed by atoms with Crippen molar-refractivity contribution in [1.82, 2.24) is 4.31 Å². The number of nitrogens with zero attached hydrogens (tertiary/aromatic N) is 1. The summed E-state index contributed by atoms with van der Waals surface area (Å²) < 4.78 is 52.0. The average molecular weight is 251 g/mol. The number of hydrogen-bond acceptors (Lipinski definition) is 2. The normalized spacial score (nSPS) is 42.8. The molecule has 3 fully saturated rings. The van der Waals surface area contributed by atoms with E-state index in [1.54, 1.807) is 6.92 Å². The lowest BCUT2D eigenvalue weighted by molar-refractivity contribution is 0.0636. The highest BCUT2D eigenvalue weighted by Gasteiger charge is 2.78. The first-order valence-electron chi connectivity index (χ1n) is 5.67. The number of rotatable bonds is 2. The van der Waals surface area contributed by atoms with E-state index in [1.165, 1.54) is 4.31 Å². The Morgan fingerprint density at radius 1 is 1.31 bits per heavy atom. The summed E-state index contributed by atoms with van der Waals surface area (Å²) in [6.07, 6.45) is 1.67. The van der Waals surface area contributed by atoms with Gasteiger partial charge in [0.15, 0.2) is 0 Å². The number of piperidine rings is 1. The van der Waals surface area contributed by atoms with Crippen molar-refractivity contribution in [2.45, 2.75) is 37.4 Å². The van der Waals surface area contributed by atoms with Crippen LogP contribution in [0.3, 0.4) is 0 Å². The predicted molar refractivity (Wildman–Crippen MR) is 54.7 cm³/mol. The molecule has 2 aliphatic carbocycles. The molecule has 2 atom stereocenters. The van der Waals surface area contributed by atoms with Crippen molar-refractivity contribution >= 4 is 10.0 Å². The van der Waals surface area contributed by atoms with Crippen molar-refractivity contribution in [2.24, 2.45) is 11.3 Å². The van der Waals surface area contributed by atoms with E-state index in [0.717, 1.165) is 0 Å². The number of fused-ring (bicyclic) bond motifs is 1. The monoisotopic (exact) mass is 251 g/mol. The van der Waals surface area contributed by atoms with Crippen LogP contribution in [0.5, 0.6) is 0 Å². The van der Waals surface area contributed by atoms with Gasteiger partial charge in [-0.3, -0.25) is 0 Å². The quantitative estimate of drug-likeness (QED) is 0.745. The molecule has 2 saturated carbocycles. The summed E-state index contributed by atoms with van der Waals surface area (Å²) >= 11 is 0. The van der Waals surface area contributed by atoms with Crippen molar-refractivity contribution in [2.75, 3.05) is 13.1 Å². The molecule has 92 valence electrons. The van der Waals surface area contributed by atoms with E-state index in [0.29, 0.717) is 12.8 Å². The van der Waals surface area contributed by atoms with Crippen LogP contribution in [0, 0.1) is 11.3 Å². The molecule has 0 bridgehead atoms. The Morgan fingerprint density at radius 3 is 2.44 bits per heavy atom. The molecule has 0 spiro atoms. The molecule has 6 heteroatoms. The molecular weight excluding hydrogens is 236 g/mol. The first-order valence-corrected chi connectivity index (χ1v) is 7.17. The van der Waals surface area contributed by atoms with Crippen LogP contribution in [0.25, 0.3) is 0 Å². The maximum Gasteiger partial charge on any atom is 0.258 e. The average Bonchev–Trinajstić information content (AvgIpc) is 3.05. The van der Waals surface area contributed by atoms with Gasteiger partial charge in [0.1, 0.15) is 0 Å². The van der Waals surface area contributed by atoms with Crippen molar-refractivity contribution in [3.05, 3.63) is 0 Å². The summed E-state index contributed by atoms with van der Waals surface area (Å²) in [5.74, 6) is -3.43. The Labute approximate surface area is 93.9 Å². The topological polar surface area (TPSA) is 37.4 Å². The molecule has 0 aromatic heterocycles. The van der Waals surface area contributed by atoms with Gasteiger partial charge in [-0.25, -0.2) is 21.5 Å². The number of sulfonamides is 1. The highest BCUT2D eigenvalue weighted by atomic mass is 32.2. The second-order valence-electron chi connectivity index (χ2n) is 5.45. The van der Waals surface area contributed by atoms with Crippen LogP contribution in [0.4, 0.5) is 8.78 Å². The third kappa shape index (κ3) is 1.17. The Balaban J connectivity index is 1.79. The molecule has 0 N–H and O–H groups in total. The zero-order chi connectivity index (χ0) is 11.8. The zero-order valence-corrected chi connectivity index (χ0v) is 9.93. The van der Waals surface area contributed by atoms with Crippen LogP contribution >= 0.6 is 0 Å². The standard InChI is InChI=1S/C10H15F2NO2S/c1-9-4-5-13(6-8(9)10(9,11)12)16(14,15)7-2-3-7/h7-8H,2-6H2,1H3. The number of hydrogen-bond donors (Lipinski definition) is 0. The molecule has 3 rings (SSSR count). The van der Waals surface area contributed by atoms with E-state index < -0.39 is 27.3 Å². The van der Waals surface area contributed by atoms with Gasteiger partial charge < -0.3 is 0 Å². The highest BCUT2D eigenvalue weighted by Crippen LogP contribution is 2.69. The van der Waals surface area contributed by atoms with Gasteiger partial charge in [-0.05, 0) is 19.3 Å². The maximum atomic E-state index is 13.4. The summed E-state index contributed by atoms with van der Waals surface area (Å²) in [7, 11) is -3.27. The van der Waals surface area contributed by atoms with Gasteiger partial charge in [0.25, 0.3) is 5.92 Å². The SMILES string of the molecule is CC12CCN(S(=O)(=O)C3CC3)CC1C2(F)F. The first kappa shape index (κ1) is 10.9. The van der Waals surface area contributed by atoms with Crippen molar-refractivity contribution < 1.29 is 17.2 Å². The first-order chi connectivity index (χ1) is 7.30. The lowest BCUT2D eigenvalue weighted by Crippen LogP contribution is -2.40. The second-order valence-corrected chi connectivity index (χ2v) is 7.66. The largest absolute Gasteiger partial charge is 0.258 e. The molecule has 1 heterocycles. The number of halogens is 2. The fraction of sp³-hybridized carbons (Fsp3) is 1.00. The molecule has 2 unspecified atom stereocenters. The van der Waals surface area contributed by atoms with Crippen LogP contribution in [0.15, 0.2) is 0 Å². The molecule has 3 aliphatic rings. The van der Waals surface area contributed by atoms with Gasteiger partial charge in [0, 0.05) is 24.4 Å². The summed E-state index contributed by atoms with van der Waals surface area (Å²) in [6.45, 7) is 1.85. The Morgan fingerprint density at radius 2 is 1.94 bits per heavy atom. The highest BCUT2D eigenvalue weighted by molar-refractivity contribution is 7.90. The van der Waals surface area contributed by atoms with E-state index in [9.17, 15) is 17.2 Å². The van der Waals surface area contributed by atoms with E-state index in [2.05, 4.69) is 0 Å². The zero-order valence-electron chi connectivity index (χ0n) is 9.12. The van der Waals surface area contributed by atoms with Crippen LogP contribution in [0.2, 0.25) is 0 Å². The van der Waals surface area contributed by atoms with Crippen molar-refractivity contribution in [3.63, 3.8) is 0 Å². The maximum absolute atomic E-state index is 13.4. The lowest BCUT2D eigenvalue weighted by atomic mass is 9.99. The van der Waals surface area contributed by atoms with E-state index >= 15 is 0 Å². The Bertz CT molecular complexity index is 432. The third-order valence-corrected chi connectivity index (χ3v) is 6.82. The molecule has 0 amide bonds. The van der Waals surface area contributed by atoms with Crippen LogP contribution in [-0.2, 0) is 10.0 Å². The summed E-state index contributed by atoms with van der Waals surface area (Å²) in [4.78, 5) is 0. The van der Waals surface area contributed by atoms with Crippen LogP contribution in [0.1, 0.15) is 26.2 Å². The minimum Gasteiger partial charge on any atom is -0.212 e. The summed E-state index contributed by atoms with van der Waals surface area (Å²) in [5.41, 5.74) is -0.942. The predicted octanol–water partition coefficient (Wildman–Crippen LogP) is 1.46. The molecular formula is C10H15F2NO2S. The van der Waals surface area contributed by atoms with Gasteiger partial charge in [-0.1, -0.05) is 6.92 Å². The van der Waals surface area contributed by atoms with E-state index in [4.69, 9.17) is 0 Å². The Kier molecular flexibility index (Phi) is 1.89. The van der Waals surface area contributed by atoms with Crippen molar-refractivity contribution in [3.8, 4) is 0 Å². The number of alkyl halides is 2.